The maximum atomic E-state index is 12.1. The van der Waals surface area contributed by atoms with Crippen LogP contribution in [-0.2, 0) is 11.8 Å². The van der Waals surface area contributed by atoms with Crippen molar-refractivity contribution in [1.82, 2.24) is 5.16 Å². The standard InChI is InChI=1S/C20H22N4O3/c1-20(2,3)17-13-18(23-27-17)22-19(25)21-16-6-4-14(5-7-16)12-15-8-10-24(26)11-9-15/h4-11,13H,12H2,1-3H3,(H2,21,22,23,25). The molecular weight excluding hydrogens is 344 g/mol. The highest BCUT2D eigenvalue weighted by Gasteiger charge is 2.20. The maximum absolute atomic E-state index is 12.1. The van der Waals surface area contributed by atoms with Gasteiger partial charge in [0.15, 0.2) is 18.2 Å². The summed E-state index contributed by atoms with van der Waals surface area (Å²) in [4.78, 5) is 12.1. The number of nitrogens with one attached hydrogen (secondary N) is 2. The van der Waals surface area contributed by atoms with Crippen LogP contribution in [0.4, 0.5) is 16.3 Å². The van der Waals surface area contributed by atoms with Gasteiger partial charge in [-0.15, -0.1) is 0 Å². The molecule has 0 saturated heterocycles. The summed E-state index contributed by atoms with van der Waals surface area (Å²) in [7, 11) is 0. The molecule has 0 radical (unpaired) electrons. The van der Waals surface area contributed by atoms with E-state index in [1.54, 1.807) is 18.2 Å². The first-order valence-corrected chi connectivity index (χ1v) is 8.61. The molecule has 2 aromatic heterocycles. The molecule has 0 atom stereocenters. The van der Waals surface area contributed by atoms with E-state index in [-0.39, 0.29) is 11.4 Å². The molecule has 0 unspecified atom stereocenters. The predicted molar refractivity (Wildman–Crippen MR) is 102 cm³/mol. The van der Waals surface area contributed by atoms with E-state index in [4.69, 9.17) is 4.52 Å². The SMILES string of the molecule is CC(C)(C)c1cc(NC(=O)Nc2ccc(Cc3cc[n+]([O-])cc3)cc2)no1. The van der Waals surface area contributed by atoms with E-state index in [9.17, 15) is 10.0 Å². The van der Waals surface area contributed by atoms with Gasteiger partial charge in [-0.05, 0) is 29.7 Å². The number of carbonyl (C=O) groups is 1. The van der Waals surface area contributed by atoms with Crippen molar-refractivity contribution < 1.29 is 14.0 Å². The summed E-state index contributed by atoms with van der Waals surface area (Å²) in [5, 5.41) is 20.3. The summed E-state index contributed by atoms with van der Waals surface area (Å²) in [6.45, 7) is 6.02. The average molecular weight is 366 g/mol. The first-order valence-electron chi connectivity index (χ1n) is 8.61. The van der Waals surface area contributed by atoms with Gasteiger partial charge in [-0.1, -0.05) is 38.1 Å². The van der Waals surface area contributed by atoms with Gasteiger partial charge in [0.25, 0.3) is 0 Å². The van der Waals surface area contributed by atoms with Gasteiger partial charge >= 0.3 is 6.03 Å². The number of anilines is 2. The molecule has 0 aliphatic rings. The number of amides is 2. The molecule has 140 valence electrons. The molecule has 27 heavy (non-hydrogen) atoms. The van der Waals surface area contributed by atoms with Gasteiger partial charge in [0.1, 0.15) is 5.76 Å². The Morgan fingerprint density at radius 1 is 1.07 bits per heavy atom. The van der Waals surface area contributed by atoms with Crippen molar-refractivity contribution in [1.29, 1.82) is 0 Å². The number of benzene rings is 1. The Bertz CT molecular complexity index is 910. The highest BCUT2D eigenvalue weighted by atomic mass is 16.5. The molecular formula is C20H22N4O3. The normalized spacial score (nSPS) is 11.2. The van der Waals surface area contributed by atoms with Crippen LogP contribution in [0.5, 0.6) is 0 Å². The highest BCUT2D eigenvalue weighted by Crippen LogP contribution is 2.24. The van der Waals surface area contributed by atoms with Crippen LogP contribution in [0.1, 0.15) is 37.7 Å². The first kappa shape index (κ1) is 18.4. The van der Waals surface area contributed by atoms with E-state index in [0.29, 0.717) is 23.7 Å². The lowest BCUT2D eigenvalue weighted by atomic mass is 9.93. The second kappa shape index (κ2) is 7.49. The highest BCUT2D eigenvalue weighted by molar-refractivity contribution is 5.99. The quantitative estimate of drug-likeness (QED) is 0.542. The molecule has 7 nitrogen and oxygen atoms in total. The van der Waals surface area contributed by atoms with Crippen LogP contribution in [0.3, 0.4) is 0 Å². The zero-order valence-corrected chi connectivity index (χ0v) is 15.5. The van der Waals surface area contributed by atoms with Crippen molar-refractivity contribution in [2.45, 2.75) is 32.6 Å². The second-order valence-electron chi connectivity index (χ2n) is 7.35. The van der Waals surface area contributed by atoms with Gasteiger partial charge in [0.05, 0.1) is 0 Å². The van der Waals surface area contributed by atoms with Crippen LogP contribution < -0.4 is 15.4 Å². The third-order valence-electron chi connectivity index (χ3n) is 3.98. The summed E-state index contributed by atoms with van der Waals surface area (Å²) < 4.78 is 6.00. The Morgan fingerprint density at radius 2 is 1.70 bits per heavy atom. The lowest BCUT2D eigenvalue weighted by Crippen LogP contribution is -2.23. The Morgan fingerprint density at radius 3 is 2.30 bits per heavy atom. The van der Waals surface area contributed by atoms with Gasteiger partial charge in [-0.25, -0.2) is 4.79 Å². The molecule has 2 amide bonds. The Hall–Kier alpha value is -3.35. The minimum Gasteiger partial charge on any atom is -0.619 e. The number of urea groups is 1. The summed E-state index contributed by atoms with van der Waals surface area (Å²) >= 11 is 0. The van der Waals surface area contributed by atoms with Crippen LogP contribution in [0.25, 0.3) is 0 Å². The zero-order valence-electron chi connectivity index (χ0n) is 15.5. The molecule has 0 aliphatic carbocycles. The first-order chi connectivity index (χ1) is 12.8. The number of rotatable bonds is 4. The molecule has 0 spiro atoms. The minimum absolute atomic E-state index is 0.175. The molecule has 0 saturated carbocycles. The maximum Gasteiger partial charge on any atom is 0.324 e. The third kappa shape index (κ3) is 5.07. The Labute approximate surface area is 157 Å². The number of pyridine rings is 1. The molecule has 0 bridgehead atoms. The van der Waals surface area contributed by atoms with Crippen molar-refractivity contribution in [3.8, 4) is 0 Å². The van der Waals surface area contributed by atoms with Crippen molar-refractivity contribution in [2.24, 2.45) is 0 Å². The van der Waals surface area contributed by atoms with E-state index < -0.39 is 0 Å². The molecule has 2 N–H and O–H groups in total. The van der Waals surface area contributed by atoms with Crippen molar-refractivity contribution in [3.63, 3.8) is 0 Å². The van der Waals surface area contributed by atoms with Gasteiger partial charge < -0.3 is 15.0 Å². The molecule has 3 aromatic rings. The summed E-state index contributed by atoms with van der Waals surface area (Å²) in [5.41, 5.74) is 2.62. The van der Waals surface area contributed by atoms with Crippen molar-refractivity contribution in [3.05, 3.63) is 77.0 Å². The van der Waals surface area contributed by atoms with Gasteiger partial charge in [-0.3, -0.25) is 5.32 Å². The number of nitrogens with zero attached hydrogens (tertiary/aromatic N) is 2. The molecule has 2 heterocycles. The molecule has 0 aliphatic heterocycles. The fourth-order valence-electron chi connectivity index (χ4n) is 2.47. The molecule has 3 rings (SSSR count). The van der Waals surface area contributed by atoms with Gasteiger partial charge in [0.2, 0.25) is 0 Å². The predicted octanol–water partition coefficient (Wildman–Crippen LogP) is 3.84. The number of aromatic nitrogens is 2. The summed E-state index contributed by atoms with van der Waals surface area (Å²) in [6.07, 6.45) is 3.66. The van der Waals surface area contributed by atoms with E-state index in [1.165, 1.54) is 12.4 Å². The monoisotopic (exact) mass is 366 g/mol. The van der Waals surface area contributed by atoms with Crippen LogP contribution in [0, 0.1) is 5.21 Å². The Balaban J connectivity index is 1.56. The lowest BCUT2D eigenvalue weighted by Gasteiger charge is -2.12. The molecule has 0 fully saturated rings. The fraction of sp³-hybridized carbons (Fsp3) is 0.250. The minimum atomic E-state index is -0.389. The van der Waals surface area contributed by atoms with E-state index in [2.05, 4.69) is 15.8 Å². The molecule has 1 aromatic carbocycles. The largest absolute Gasteiger partial charge is 0.619 e. The summed E-state index contributed by atoms with van der Waals surface area (Å²) in [6, 6.07) is 12.4. The van der Waals surface area contributed by atoms with E-state index in [1.807, 2.05) is 45.0 Å². The van der Waals surface area contributed by atoms with Crippen molar-refractivity contribution >= 4 is 17.5 Å². The zero-order chi connectivity index (χ0) is 19.4. The molecule has 7 heteroatoms. The van der Waals surface area contributed by atoms with Gasteiger partial charge in [-0.2, -0.15) is 4.73 Å². The average Bonchev–Trinajstić information content (AvgIpc) is 3.07. The topological polar surface area (TPSA) is 94.1 Å². The number of carbonyl (C=O) groups excluding carboxylic acids is 1. The number of hydrogen-bond acceptors (Lipinski definition) is 4. The fourth-order valence-corrected chi connectivity index (χ4v) is 2.47. The van der Waals surface area contributed by atoms with E-state index in [0.717, 1.165) is 15.9 Å². The second-order valence-corrected chi connectivity index (χ2v) is 7.35. The van der Waals surface area contributed by atoms with Crippen LogP contribution in [0.2, 0.25) is 0 Å². The Kier molecular flexibility index (Phi) is 5.12. The van der Waals surface area contributed by atoms with Gasteiger partial charge in [0, 0.05) is 29.3 Å². The smallest absolute Gasteiger partial charge is 0.324 e. The third-order valence-corrected chi connectivity index (χ3v) is 3.98. The van der Waals surface area contributed by atoms with E-state index >= 15 is 0 Å². The van der Waals surface area contributed by atoms with Crippen LogP contribution >= 0.6 is 0 Å². The van der Waals surface area contributed by atoms with Crippen LogP contribution in [-0.4, -0.2) is 11.2 Å². The summed E-state index contributed by atoms with van der Waals surface area (Å²) in [5.74, 6) is 1.07. The lowest BCUT2D eigenvalue weighted by molar-refractivity contribution is -0.605. The van der Waals surface area contributed by atoms with Crippen LogP contribution in [0.15, 0.2) is 59.4 Å². The number of hydrogen-bond donors (Lipinski definition) is 2. The van der Waals surface area contributed by atoms with Crippen molar-refractivity contribution in [2.75, 3.05) is 10.6 Å².